The van der Waals surface area contributed by atoms with Crippen LogP contribution in [0.2, 0.25) is 10.0 Å². The summed E-state index contributed by atoms with van der Waals surface area (Å²) in [6.45, 7) is 12.0. The van der Waals surface area contributed by atoms with Crippen molar-refractivity contribution in [3.05, 3.63) is 86.2 Å². The van der Waals surface area contributed by atoms with Gasteiger partial charge in [0.1, 0.15) is 0 Å². The van der Waals surface area contributed by atoms with Gasteiger partial charge in [-0.2, -0.15) is 0 Å². The maximum absolute atomic E-state index is 6.15. The molecule has 176 valence electrons. The van der Waals surface area contributed by atoms with Crippen LogP contribution in [0.4, 0.5) is 11.4 Å². The van der Waals surface area contributed by atoms with Gasteiger partial charge in [0.2, 0.25) is 0 Å². The predicted octanol–water partition coefficient (Wildman–Crippen LogP) is 9.28. The summed E-state index contributed by atoms with van der Waals surface area (Å²) in [6.07, 6.45) is 0. The molecule has 0 aliphatic heterocycles. The molecule has 0 radical (unpaired) electrons. The Morgan fingerprint density at radius 2 is 1.00 bits per heavy atom. The molecule has 0 spiro atoms. The Bertz CT molecular complexity index is 1070. The fraction of sp³-hybridized carbons (Fsp3) is 0.240. The number of aryl methyl sites for hydroxylation is 4. The molecule has 2 aromatic carbocycles. The first-order valence-electron chi connectivity index (χ1n) is 10.0. The molecule has 0 aliphatic carbocycles. The van der Waals surface area contributed by atoms with E-state index < -0.39 is 0 Å². The zero-order chi connectivity index (χ0) is 24.7. The number of halogens is 4. The van der Waals surface area contributed by atoms with Crippen molar-refractivity contribution in [3.63, 3.8) is 0 Å². The van der Waals surface area contributed by atoms with Crippen molar-refractivity contribution in [2.75, 3.05) is 0 Å². The van der Waals surface area contributed by atoms with Gasteiger partial charge in [0.25, 0.3) is 0 Å². The molecule has 3 rings (SSSR count). The van der Waals surface area contributed by atoms with E-state index in [9.17, 15) is 0 Å². The Kier molecular flexibility index (Phi) is 10.9. The van der Waals surface area contributed by atoms with Crippen LogP contribution in [-0.2, 0) is 13.1 Å². The molecule has 0 N–H and O–H groups in total. The molecule has 0 amide bonds. The molecule has 3 aromatic rings. The normalized spacial score (nSPS) is 11.9. The SMILES string of the molecule is CC(=Nc1c(C)cc(Cl)cc1C)c1cccc(C(C)=Nc2c(C)cc(Cl)cc2C)n1.[Cl][Fe][Cl]. The zero-order valence-corrected chi connectivity index (χ0v) is 23.4. The quantitative estimate of drug-likeness (QED) is 0.230. The maximum atomic E-state index is 6.15. The second kappa shape index (κ2) is 12.9. The third-order valence-corrected chi connectivity index (χ3v) is 5.40. The molecule has 0 saturated carbocycles. The summed E-state index contributed by atoms with van der Waals surface area (Å²) in [5.74, 6) is 0. The van der Waals surface area contributed by atoms with Gasteiger partial charge >= 0.3 is 33.3 Å². The van der Waals surface area contributed by atoms with Gasteiger partial charge in [-0.25, -0.2) is 4.98 Å². The van der Waals surface area contributed by atoms with Gasteiger partial charge in [-0.05, 0) is 100 Å². The molecule has 33 heavy (non-hydrogen) atoms. The second-order valence-corrected chi connectivity index (χ2v) is 10.3. The van der Waals surface area contributed by atoms with Gasteiger partial charge in [-0.1, -0.05) is 29.3 Å². The van der Waals surface area contributed by atoms with Crippen LogP contribution in [0, 0.1) is 27.7 Å². The van der Waals surface area contributed by atoms with Crippen molar-refractivity contribution in [1.82, 2.24) is 4.98 Å². The van der Waals surface area contributed by atoms with Crippen molar-refractivity contribution in [1.29, 1.82) is 0 Å². The Morgan fingerprint density at radius 1 is 0.697 bits per heavy atom. The Morgan fingerprint density at radius 3 is 1.30 bits per heavy atom. The van der Waals surface area contributed by atoms with Gasteiger partial charge in [0.05, 0.1) is 34.2 Å². The first kappa shape index (κ1) is 27.9. The van der Waals surface area contributed by atoms with Crippen LogP contribution in [0.1, 0.15) is 47.5 Å². The van der Waals surface area contributed by atoms with Crippen molar-refractivity contribution in [2.24, 2.45) is 9.98 Å². The van der Waals surface area contributed by atoms with E-state index in [1.165, 1.54) is 0 Å². The molecule has 0 aliphatic rings. The standard InChI is InChI=1S/C25H25Cl2N3.2ClH.Fe/c1-14-10-20(26)11-15(2)24(14)28-18(5)22-8-7-9-23(30-22)19(6)29-25-16(3)12-21(27)13-17(25)4;;;/h7-13H,1-6H3;2*1H;/q;;;+2/p-2. The van der Waals surface area contributed by atoms with Gasteiger partial charge in [-0.15, -0.1) is 0 Å². The third-order valence-electron chi connectivity index (χ3n) is 4.96. The van der Waals surface area contributed by atoms with Gasteiger partial charge in [-0.3, -0.25) is 9.98 Å². The number of rotatable bonds is 4. The van der Waals surface area contributed by atoms with E-state index >= 15 is 0 Å². The van der Waals surface area contributed by atoms with Crippen molar-refractivity contribution >= 4 is 66.2 Å². The van der Waals surface area contributed by atoms with E-state index in [4.69, 9.17) is 58.4 Å². The van der Waals surface area contributed by atoms with Crippen LogP contribution in [0.25, 0.3) is 0 Å². The van der Waals surface area contributed by atoms with E-state index in [2.05, 4.69) is 0 Å². The average molecular weight is 565 g/mol. The fourth-order valence-corrected chi connectivity index (χ4v) is 4.10. The molecule has 0 bridgehead atoms. The van der Waals surface area contributed by atoms with Crippen molar-refractivity contribution in [3.8, 4) is 0 Å². The number of pyridine rings is 1. The van der Waals surface area contributed by atoms with Crippen molar-refractivity contribution in [2.45, 2.75) is 41.5 Å². The second-order valence-electron chi connectivity index (χ2n) is 7.63. The summed E-state index contributed by atoms with van der Waals surface area (Å²) < 4.78 is 0. The van der Waals surface area contributed by atoms with Crippen LogP contribution in [0.3, 0.4) is 0 Å². The molecule has 8 heteroatoms. The predicted molar refractivity (Wildman–Crippen MR) is 142 cm³/mol. The summed E-state index contributed by atoms with van der Waals surface area (Å²) in [7, 11) is 9.53. The van der Waals surface area contributed by atoms with Crippen LogP contribution in [-0.4, -0.2) is 16.4 Å². The zero-order valence-electron chi connectivity index (χ0n) is 19.2. The van der Waals surface area contributed by atoms with E-state index in [-0.39, 0.29) is 13.1 Å². The Balaban J connectivity index is 0.00000122. The summed E-state index contributed by atoms with van der Waals surface area (Å²) in [5, 5.41) is 1.45. The summed E-state index contributed by atoms with van der Waals surface area (Å²) in [6, 6.07) is 13.6. The molecule has 0 atom stereocenters. The summed E-state index contributed by atoms with van der Waals surface area (Å²) in [4.78, 5) is 14.5. The first-order valence-corrected chi connectivity index (χ1v) is 13.8. The number of hydrogen-bond acceptors (Lipinski definition) is 3. The van der Waals surface area contributed by atoms with Crippen LogP contribution in [0.5, 0.6) is 0 Å². The topological polar surface area (TPSA) is 37.6 Å². The van der Waals surface area contributed by atoms with E-state index in [1.54, 1.807) is 0 Å². The Hall–Kier alpha value is -1.39. The molecule has 1 heterocycles. The number of aliphatic imine (C=N–C) groups is 2. The monoisotopic (exact) mass is 563 g/mol. The summed E-state index contributed by atoms with van der Waals surface area (Å²) >= 11 is 12.5. The molecule has 0 fully saturated rings. The number of nitrogens with zero attached hydrogens (tertiary/aromatic N) is 3. The van der Waals surface area contributed by atoms with Gasteiger partial charge in [0, 0.05) is 10.0 Å². The first-order chi connectivity index (χ1) is 15.6. The minimum absolute atomic E-state index is 0.194. The molecule has 3 nitrogen and oxygen atoms in total. The van der Waals surface area contributed by atoms with E-state index in [1.807, 2.05) is 84.0 Å². The molecule has 0 saturated heterocycles. The molecular weight excluding hydrogens is 540 g/mol. The number of aromatic nitrogens is 1. The van der Waals surface area contributed by atoms with Crippen LogP contribution >= 0.6 is 43.4 Å². The minimum atomic E-state index is 0.194. The molecular formula is C25H25Cl4FeN3. The molecule has 1 aromatic heterocycles. The van der Waals surface area contributed by atoms with Gasteiger partial charge in [0.15, 0.2) is 0 Å². The van der Waals surface area contributed by atoms with Crippen molar-refractivity contribution < 1.29 is 13.1 Å². The van der Waals surface area contributed by atoms with E-state index in [0.29, 0.717) is 0 Å². The van der Waals surface area contributed by atoms with Crippen LogP contribution in [0.15, 0.2) is 52.4 Å². The third kappa shape index (κ3) is 7.82. The van der Waals surface area contributed by atoms with Gasteiger partial charge < -0.3 is 0 Å². The number of benzene rings is 2. The van der Waals surface area contributed by atoms with E-state index in [0.717, 1.165) is 66.5 Å². The fourth-order valence-electron chi connectivity index (χ4n) is 3.45. The Labute approximate surface area is 220 Å². The molecule has 0 unspecified atom stereocenters. The average Bonchev–Trinajstić information content (AvgIpc) is 2.73. The summed E-state index contributed by atoms with van der Waals surface area (Å²) in [5.41, 5.74) is 9.37. The number of hydrogen-bond donors (Lipinski definition) is 0. The van der Waals surface area contributed by atoms with Crippen LogP contribution < -0.4 is 0 Å².